The molecule has 0 saturated heterocycles. The first-order valence-electron chi connectivity index (χ1n) is 14.3. The molecule has 0 aliphatic carbocycles. The molecule has 0 radical (unpaired) electrons. The lowest BCUT2D eigenvalue weighted by atomic mass is 10.1. The van der Waals surface area contributed by atoms with E-state index < -0.39 is 0 Å². The summed E-state index contributed by atoms with van der Waals surface area (Å²) in [5.41, 5.74) is 4.19. The van der Waals surface area contributed by atoms with Crippen LogP contribution in [-0.2, 0) is 19.5 Å². The van der Waals surface area contributed by atoms with Crippen LogP contribution in [0.25, 0.3) is 0 Å². The molecule has 7 nitrogen and oxygen atoms in total. The molecule has 0 bridgehead atoms. The van der Waals surface area contributed by atoms with Crippen LogP contribution in [0.4, 0.5) is 0 Å². The van der Waals surface area contributed by atoms with Crippen molar-refractivity contribution in [2.24, 2.45) is 0 Å². The van der Waals surface area contributed by atoms with Crippen LogP contribution < -0.4 is 14.8 Å². The second kappa shape index (κ2) is 16.4. The van der Waals surface area contributed by atoms with Gasteiger partial charge in [0.2, 0.25) is 0 Å². The topological polar surface area (TPSA) is 66.9 Å². The Hall–Kier alpha value is -2.94. The van der Waals surface area contributed by atoms with Crippen molar-refractivity contribution in [3.63, 3.8) is 0 Å². The third kappa shape index (κ3) is 9.91. The quantitative estimate of drug-likeness (QED) is 0.218. The van der Waals surface area contributed by atoms with E-state index in [9.17, 15) is 4.79 Å². The molecule has 0 fully saturated rings. The Morgan fingerprint density at radius 2 is 1.65 bits per heavy atom. The van der Waals surface area contributed by atoms with Gasteiger partial charge in [0.05, 0.1) is 20.8 Å². The van der Waals surface area contributed by atoms with E-state index in [0.29, 0.717) is 12.2 Å². The molecule has 218 valence electrons. The van der Waals surface area contributed by atoms with Crippen molar-refractivity contribution in [2.75, 3.05) is 40.4 Å². The Balaban J connectivity index is 1.62. The predicted molar refractivity (Wildman–Crippen MR) is 165 cm³/mol. The minimum Gasteiger partial charge on any atom is -0.493 e. The van der Waals surface area contributed by atoms with Gasteiger partial charge in [-0.1, -0.05) is 49.7 Å². The normalized spacial score (nSPS) is 12.1. The number of carbonyl (C=O) groups is 1. The Kier molecular flexibility index (Phi) is 12.9. The van der Waals surface area contributed by atoms with E-state index in [2.05, 4.69) is 73.1 Å². The fraction of sp³-hybridized carbons (Fsp3) is 0.500. The summed E-state index contributed by atoms with van der Waals surface area (Å²) in [7, 11) is 3.31. The maximum Gasteiger partial charge on any atom is 0.270 e. The van der Waals surface area contributed by atoms with Gasteiger partial charge in [0.1, 0.15) is 10.7 Å². The lowest BCUT2D eigenvalue weighted by Crippen LogP contribution is -2.34. The lowest BCUT2D eigenvalue weighted by Gasteiger charge is -2.22. The van der Waals surface area contributed by atoms with E-state index in [1.165, 1.54) is 16.7 Å². The number of thiazole rings is 1. The molecule has 1 aromatic heterocycles. The number of nitrogens with zero attached hydrogens (tertiary/aromatic N) is 3. The Morgan fingerprint density at radius 3 is 2.33 bits per heavy atom. The lowest BCUT2D eigenvalue weighted by molar-refractivity contribution is 0.0932. The zero-order valence-electron chi connectivity index (χ0n) is 25.0. The van der Waals surface area contributed by atoms with Crippen LogP contribution in [0.15, 0.2) is 47.8 Å². The van der Waals surface area contributed by atoms with Gasteiger partial charge in [0.25, 0.3) is 5.91 Å². The highest BCUT2D eigenvalue weighted by molar-refractivity contribution is 7.09. The minimum absolute atomic E-state index is 0.0896. The van der Waals surface area contributed by atoms with E-state index in [1.54, 1.807) is 25.6 Å². The molecule has 0 spiro atoms. The smallest absolute Gasteiger partial charge is 0.270 e. The number of amides is 1. The molecule has 3 rings (SSSR count). The van der Waals surface area contributed by atoms with Gasteiger partial charge in [-0.15, -0.1) is 11.3 Å². The van der Waals surface area contributed by atoms with E-state index in [4.69, 9.17) is 14.5 Å². The van der Waals surface area contributed by atoms with Crippen LogP contribution >= 0.6 is 11.3 Å². The van der Waals surface area contributed by atoms with Gasteiger partial charge in [-0.2, -0.15) is 0 Å². The van der Waals surface area contributed by atoms with Crippen LogP contribution in [0, 0.1) is 6.92 Å². The number of carbonyl (C=O) groups excluding carboxylic acids is 1. The Labute approximate surface area is 244 Å². The molecule has 0 aliphatic heterocycles. The number of nitrogens with one attached hydrogen (secondary N) is 1. The fourth-order valence-electron chi connectivity index (χ4n) is 4.70. The fourth-order valence-corrected chi connectivity index (χ4v) is 5.51. The SMILES string of the molecule is CCN(CC)CCCC(C)NC(=O)c1csc(CN(CCc2ccc(OC)c(OC)c2)Cc2ccc(C)cc2)n1. The number of rotatable bonds is 17. The van der Waals surface area contributed by atoms with Crippen molar-refractivity contribution in [3.05, 3.63) is 75.2 Å². The van der Waals surface area contributed by atoms with Crippen molar-refractivity contribution in [3.8, 4) is 11.5 Å². The summed E-state index contributed by atoms with van der Waals surface area (Å²) in [4.78, 5) is 22.4. The van der Waals surface area contributed by atoms with Crippen LogP contribution in [0.5, 0.6) is 11.5 Å². The summed E-state index contributed by atoms with van der Waals surface area (Å²) >= 11 is 1.55. The monoisotopic (exact) mass is 566 g/mol. The summed E-state index contributed by atoms with van der Waals surface area (Å²) < 4.78 is 10.9. The first kappa shape index (κ1) is 31.6. The molecule has 2 aromatic carbocycles. The van der Waals surface area contributed by atoms with Crippen molar-refractivity contribution in [2.45, 2.75) is 66.1 Å². The first-order valence-corrected chi connectivity index (χ1v) is 15.2. The first-order chi connectivity index (χ1) is 19.3. The number of aromatic nitrogens is 1. The van der Waals surface area contributed by atoms with Gasteiger partial charge >= 0.3 is 0 Å². The summed E-state index contributed by atoms with van der Waals surface area (Å²) in [6, 6.07) is 14.9. The van der Waals surface area contributed by atoms with E-state index in [-0.39, 0.29) is 11.9 Å². The molecule has 1 amide bonds. The molecule has 0 aliphatic rings. The summed E-state index contributed by atoms with van der Waals surface area (Å²) in [5, 5.41) is 5.96. The highest BCUT2D eigenvalue weighted by atomic mass is 32.1. The molecular weight excluding hydrogens is 520 g/mol. The van der Waals surface area contributed by atoms with Crippen LogP contribution in [-0.4, -0.2) is 67.1 Å². The number of hydrogen-bond donors (Lipinski definition) is 1. The van der Waals surface area contributed by atoms with Crippen molar-refractivity contribution in [1.29, 1.82) is 0 Å². The number of benzene rings is 2. The third-order valence-corrected chi connectivity index (χ3v) is 8.05. The van der Waals surface area contributed by atoms with Gasteiger partial charge in [-0.3, -0.25) is 9.69 Å². The Morgan fingerprint density at radius 1 is 0.950 bits per heavy atom. The molecule has 1 heterocycles. The summed E-state index contributed by atoms with van der Waals surface area (Å²) in [6.45, 7) is 14.1. The molecule has 1 atom stereocenters. The van der Waals surface area contributed by atoms with E-state index in [0.717, 1.165) is 68.5 Å². The largest absolute Gasteiger partial charge is 0.493 e. The zero-order valence-corrected chi connectivity index (χ0v) is 25.9. The number of ether oxygens (including phenoxy) is 2. The number of aryl methyl sites for hydroxylation is 1. The maximum atomic E-state index is 12.9. The van der Waals surface area contributed by atoms with Gasteiger partial charge in [-0.05, 0) is 76.0 Å². The molecule has 3 aromatic rings. The van der Waals surface area contributed by atoms with Crippen molar-refractivity contribution >= 4 is 17.2 Å². The van der Waals surface area contributed by atoms with Gasteiger partial charge in [-0.25, -0.2) is 4.98 Å². The maximum absolute atomic E-state index is 12.9. The van der Waals surface area contributed by atoms with Crippen LogP contribution in [0.1, 0.15) is 65.8 Å². The molecule has 0 saturated carbocycles. The van der Waals surface area contributed by atoms with Crippen LogP contribution in [0.3, 0.4) is 0 Å². The average molecular weight is 567 g/mol. The molecule has 1 N–H and O–H groups in total. The average Bonchev–Trinajstić information content (AvgIpc) is 3.43. The number of hydrogen-bond acceptors (Lipinski definition) is 7. The van der Waals surface area contributed by atoms with Gasteiger partial charge < -0.3 is 19.7 Å². The molecular formula is C32H46N4O3S. The minimum atomic E-state index is -0.0896. The highest BCUT2D eigenvalue weighted by Crippen LogP contribution is 2.28. The Bertz CT molecular complexity index is 1180. The van der Waals surface area contributed by atoms with Crippen molar-refractivity contribution in [1.82, 2.24) is 20.1 Å². The predicted octanol–water partition coefficient (Wildman–Crippen LogP) is 5.95. The molecule has 8 heteroatoms. The van der Waals surface area contributed by atoms with E-state index in [1.807, 2.05) is 17.5 Å². The summed E-state index contributed by atoms with van der Waals surface area (Å²) in [5.74, 6) is 1.38. The molecule has 1 unspecified atom stereocenters. The van der Waals surface area contributed by atoms with E-state index >= 15 is 0 Å². The standard InChI is InChI=1S/C32H46N4O3S/c1-7-35(8-2)18-9-10-25(4)33-32(37)28-23-40-31(34-28)22-36(21-27-13-11-24(3)12-14-27)19-17-26-15-16-29(38-5)30(20-26)39-6/h11-16,20,23,25H,7-10,17-19,21-22H2,1-6H3,(H,33,37). The zero-order chi connectivity index (χ0) is 28.9. The van der Waals surface area contributed by atoms with Crippen LogP contribution in [0.2, 0.25) is 0 Å². The van der Waals surface area contributed by atoms with Gasteiger partial charge in [0.15, 0.2) is 11.5 Å². The molecule has 40 heavy (non-hydrogen) atoms. The number of methoxy groups -OCH3 is 2. The summed E-state index contributed by atoms with van der Waals surface area (Å²) in [6.07, 6.45) is 2.88. The second-order valence-corrected chi connectivity index (χ2v) is 11.2. The van der Waals surface area contributed by atoms with Crippen molar-refractivity contribution < 1.29 is 14.3 Å². The van der Waals surface area contributed by atoms with Gasteiger partial charge in [0, 0.05) is 24.5 Å². The second-order valence-electron chi connectivity index (χ2n) is 10.3. The third-order valence-electron chi connectivity index (χ3n) is 7.22. The highest BCUT2D eigenvalue weighted by Gasteiger charge is 2.16.